The van der Waals surface area contributed by atoms with Gasteiger partial charge in [0.1, 0.15) is 6.29 Å². The van der Waals surface area contributed by atoms with Crippen molar-refractivity contribution in [2.45, 2.75) is 6.42 Å². The number of carbonyl (C=O) groups is 2. The second-order valence-corrected chi connectivity index (χ2v) is 4.05. The Bertz CT molecular complexity index is 404. The highest BCUT2D eigenvalue weighted by Crippen LogP contribution is 2.28. The van der Waals surface area contributed by atoms with E-state index >= 15 is 0 Å². The number of methoxy groups -OCH3 is 1. The highest BCUT2D eigenvalue weighted by Gasteiger charge is 2.11. The summed E-state index contributed by atoms with van der Waals surface area (Å²) in [6, 6.07) is 3.12. The van der Waals surface area contributed by atoms with Crippen molar-refractivity contribution in [1.82, 2.24) is 0 Å². The van der Waals surface area contributed by atoms with Crippen molar-refractivity contribution in [3.05, 3.63) is 32.8 Å². The average molecular weight is 292 g/mol. The lowest BCUT2D eigenvalue weighted by Crippen LogP contribution is -2.05. The Kier molecular flexibility index (Phi) is 4.29. The van der Waals surface area contributed by atoms with Crippen LogP contribution < -0.4 is 0 Å². The molecule has 80 valence electrons. The summed E-state index contributed by atoms with van der Waals surface area (Å²) in [6.07, 6.45) is 0.761. The first-order chi connectivity index (χ1) is 7.08. The highest BCUT2D eigenvalue weighted by atomic mass is 79.9. The lowest BCUT2D eigenvalue weighted by Gasteiger charge is -2.06. The first kappa shape index (κ1) is 12.2. The molecule has 0 unspecified atom stereocenters. The molecule has 15 heavy (non-hydrogen) atoms. The van der Waals surface area contributed by atoms with Gasteiger partial charge in [0.2, 0.25) is 0 Å². The van der Waals surface area contributed by atoms with Crippen LogP contribution in [-0.2, 0) is 16.0 Å². The summed E-state index contributed by atoms with van der Waals surface area (Å²) >= 11 is 9.11. The van der Waals surface area contributed by atoms with Crippen LogP contribution in [0.25, 0.3) is 0 Å². The molecule has 1 aromatic rings. The van der Waals surface area contributed by atoms with Crippen molar-refractivity contribution in [1.29, 1.82) is 0 Å². The number of aldehydes is 1. The lowest BCUT2D eigenvalue weighted by atomic mass is 10.1. The molecule has 0 aromatic heterocycles. The Balaban J connectivity index is 3.10. The van der Waals surface area contributed by atoms with Gasteiger partial charge in [-0.2, -0.15) is 0 Å². The van der Waals surface area contributed by atoms with Gasteiger partial charge in [-0.05, 0) is 33.6 Å². The van der Waals surface area contributed by atoms with Crippen LogP contribution in [0.1, 0.15) is 15.9 Å². The Hall–Kier alpha value is -0.870. The van der Waals surface area contributed by atoms with Gasteiger partial charge < -0.3 is 4.74 Å². The molecule has 1 rings (SSSR count). The smallest absolute Gasteiger partial charge is 0.310 e. The van der Waals surface area contributed by atoms with Crippen molar-refractivity contribution in [3.63, 3.8) is 0 Å². The third kappa shape index (κ3) is 3.04. The van der Waals surface area contributed by atoms with Gasteiger partial charge in [-0.1, -0.05) is 11.6 Å². The largest absolute Gasteiger partial charge is 0.469 e. The molecule has 0 spiro atoms. The van der Waals surface area contributed by atoms with E-state index in [2.05, 4.69) is 20.7 Å². The van der Waals surface area contributed by atoms with E-state index < -0.39 is 0 Å². The van der Waals surface area contributed by atoms with Crippen LogP contribution in [0.3, 0.4) is 0 Å². The maximum Gasteiger partial charge on any atom is 0.310 e. The summed E-state index contributed by atoms with van der Waals surface area (Å²) < 4.78 is 5.14. The summed E-state index contributed by atoms with van der Waals surface area (Å²) in [5.74, 6) is -0.380. The van der Waals surface area contributed by atoms with Gasteiger partial charge >= 0.3 is 5.97 Å². The van der Waals surface area contributed by atoms with E-state index in [9.17, 15) is 9.59 Å². The van der Waals surface area contributed by atoms with E-state index in [1.807, 2.05) is 0 Å². The number of ether oxygens (including phenoxy) is 1. The Morgan fingerprint density at radius 1 is 1.60 bits per heavy atom. The molecule has 0 heterocycles. The molecule has 3 nitrogen and oxygen atoms in total. The first-order valence-corrected chi connectivity index (χ1v) is 5.25. The normalized spacial score (nSPS) is 9.80. The molecule has 1 aromatic carbocycles. The van der Waals surface area contributed by atoms with Crippen molar-refractivity contribution in [2.75, 3.05) is 7.11 Å². The summed E-state index contributed by atoms with van der Waals surface area (Å²) in [5.41, 5.74) is 1.07. The summed E-state index contributed by atoms with van der Waals surface area (Å²) in [6.45, 7) is 0. The molecule has 0 fully saturated rings. The number of rotatable bonds is 3. The fraction of sp³-hybridized carbons (Fsp3) is 0.200. The van der Waals surface area contributed by atoms with Gasteiger partial charge in [0, 0.05) is 10.0 Å². The number of carbonyl (C=O) groups excluding carboxylic acids is 2. The molecule has 0 saturated heterocycles. The first-order valence-electron chi connectivity index (χ1n) is 4.08. The minimum Gasteiger partial charge on any atom is -0.469 e. The van der Waals surface area contributed by atoms with Crippen LogP contribution in [0.4, 0.5) is 0 Å². The minimum atomic E-state index is -0.380. The molecule has 0 radical (unpaired) electrons. The van der Waals surface area contributed by atoms with Crippen molar-refractivity contribution < 1.29 is 14.3 Å². The van der Waals surface area contributed by atoms with Crippen molar-refractivity contribution in [3.8, 4) is 0 Å². The second-order valence-electron chi connectivity index (χ2n) is 2.85. The van der Waals surface area contributed by atoms with Crippen LogP contribution in [-0.4, -0.2) is 19.4 Å². The predicted octanol–water partition coefficient (Wildman–Crippen LogP) is 2.63. The average Bonchev–Trinajstić information content (AvgIpc) is 2.24. The standard InChI is InChI=1S/C10H8BrClO3/c1-15-9(14)4-7-2-6(5-13)3-8(12)10(7)11/h2-3,5H,4H2,1H3. The quantitative estimate of drug-likeness (QED) is 0.635. The molecule has 0 N–H and O–H groups in total. The molecule has 0 aliphatic rings. The number of esters is 1. The zero-order valence-electron chi connectivity index (χ0n) is 7.92. The molecule has 0 aliphatic heterocycles. The van der Waals surface area contributed by atoms with E-state index in [4.69, 9.17) is 11.6 Å². The Labute approximate surface area is 100 Å². The van der Waals surface area contributed by atoms with Crippen LogP contribution in [0.2, 0.25) is 5.02 Å². The molecule has 5 heteroatoms. The van der Waals surface area contributed by atoms with E-state index in [-0.39, 0.29) is 12.4 Å². The molecule has 0 atom stereocenters. The van der Waals surface area contributed by atoms with Crippen LogP contribution in [0.5, 0.6) is 0 Å². The Morgan fingerprint density at radius 3 is 2.80 bits per heavy atom. The topological polar surface area (TPSA) is 43.4 Å². The summed E-state index contributed by atoms with van der Waals surface area (Å²) in [5, 5.41) is 0.401. The van der Waals surface area contributed by atoms with E-state index in [1.54, 1.807) is 6.07 Å². The minimum absolute atomic E-state index is 0.0818. The number of halogens is 2. The third-order valence-electron chi connectivity index (χ3n) is 1.82. The van der Waals surface area contributed by atoms with Gasteiger partial charge in [-0.3, -0.25) is 9.59 Å². The van der Waals surface area contributed by atoms with E-state index in [0.717, 1.165) is 0 Å². The maximum absolute atomic E-state index is 11.1. The molecule has 0 aliphatic carbocycles. The van der Waals surface area contributed by atoms with Gasteiger partial charge in [0.05, 0.1) is 18.6 Å². The maximum atomic E-state index is 11.1. The lowest BCUT2D eigenvalue weighted by molar-refractivity contribution is -0.139. The van der Waals surface area contributed by atoms with Crippen molar-refractivity contribution >= 4 is 39.8 Å². The zero-order chi connectivity index (χ0) is 11.4. The van der Waals surface area contributed by atoms with Gasteiger partial charge in [-0.15, -0.1) is 0 Å². The van der Waals surface area contributed by atoms with Crippen LogP contribution >= 0.6 is 27.5 Å². The summed E-state index contributed by atoms with van der Waals surface area (Å²) in [4.78, 5) is 21.7. The number of hydrogen-bond acceptors (Lipinski definition) is 3. The molecule has 0 amide bonds. The highest BCUT2D eigenvalue weighted by molar-refractivity contribution is 9.10. The zero-order valence-corrected chi connectivity index (χ0v) is 10.3. The fourth-order valence-corrected chi connectivity index (χ4v) is 1.71. The molecular weight excluding hydrogens is 283 g/mol. The molecule has 0 saturated carbocycles. The SMILES string of the molecule is COC(=O)Cc1cc(C=O)cc(Cl)c1Br. The summed E-state index contributed by atoms with van der Waals surface area (Å²) in [7, 11) is 1.31. The van der Waals surface area contributed by atoms with E-state index in [0.29, 0.717) is 26.9 Å². The third-order valence-corrected chi connectivity index (χ3v) is 3.29. The van der Waals surface area contributed by atoms with Gasteiger partial charge in [-0.25, -0.2) is 0 Å². The van der Waals surface area contributed by atoms with Crippen LogP contribution in [0, 0.1) is 0 Å². The number of hydrogen-bond donors (Lipinski definition) is 0. The van der Waals surface area contributed by atoms with Crippen molar-refractivity contribution in [2.24, 2.45) is 0 Å². The van der Waals surface area contributed by atoms with Crippen LogP contribution in [0.15, 0.2) is 16.6 Å². The second kappa shape index (κ2) is 5.28. The number of benzene rings is 1. The van der Waals surface area contributed by atoms with E-state index in [1.165, 1.54) is 13.2 Å². The fourth-order valence-electron chi connectivity index (χ4n) is 1.09. The molecule has 0 bridgehead atoms. The van der Waals surface area contributed by atoms with Gasteiger partial charge in [0.15, 0.2) is 0 Å². The Morgan fingerprint density at radius 2 is 2.27 bits per heavy atom. The monoisotopic (exact) mass is 290 g/mol. The van der Waals surface area contributed by atoms with Gasteiger partial charge in [0.25, 0.3) is 0 Å². The molecular formula is C10H8BrClO3. The predicted molar refractivity (Wildman–Crippen MR) is 60.3 cm³/mol.